The van der Waals surface area contributed by atoms with Crippen LogP contribution in [0.2, 0.25) is 0 Å². The molecule has 0 amide bonds. The SMILES string of the molecule is Cl.O=c1cc(-c2cc(F)c(F)cc2F)c2c(C3CCC3)[nH]nc2[nH]1. The van der Waals surface area contributed by atoms with E-state index in [1.165, 1.54) is 6.07 Å². The van der Waals surface area contributed by atoms with E-state index in [1.807, 2.05) is 0 Å². The average molecular weight is 356 g/mol. The number of pyridine rings is 1. The van der Waals surface area contributed by atoms with Crippen LogP contribution in [0.4, 0.5) is 13.2 Å². The molecule has 0 atom stereocenters. The largest absolute Gasteiger partial charge is 0.305 e. The molecule has 1 aliphatic carbocycles. The Balaban J connectivity index is 0.00000169. The summed E-state index contributed by atoms with van der Waals surface area (Å²) in [6, 6.07) is 2.45. The van der Waals surface area contributed by atoms with Gasteiger partial charge in [0.15, 0.2) is 17.3 Å². The maximum absolute atomic E-state index is 14.2. The Morgan fingerprint density at radius 2 is 1.71 bits per heavy atom. The minimum absolute atomic E-state index is 0. The van der Waals surface area contributed by atoms with Crippen molar-refractivity contribution >= 4 is 23.4 Å². The minimum Gasteiger partial charge on any atom is -0.305 e. The summed E-state index contributed by atoms with van der Waals surface area (Å²) >= 11 is 0. The highest BCUT2D eigenvalue weighted by Gasteiger charge is 2.26. The number of hydrogen-bond donors (Lipinski definition) is 2. The van der Waals surface area contributed by atoms with Gasteiger partial charge in [0.1, 0.15) is 5.82 Å². The number of halogens is 4. The molecule has 0 spiro atoms. The number of aromatic nitrogens is 3. The lowest BCUT2D eigenvalue weighted by atomic mass is 9.81. The highest BCUT2D eigenvalue weighted by Crippen LogP contribution is 2.41. The minimum atomic E-state index is -1.27. The number of nitrogens with one attached hydrogen (secondary N) is 2. The highest BCUT2D eigenvalue weighted by molar-refractivity contribution is 5.95. The van der Waals surface area contributed by atoms with Gasteiger partial charge in [0, 0.05) is 40.3 Å². The summed E-state index contributed by atoms with van der Waals surface area (Å²) in [5.41, 5.74) is 0.668. The lowest BCUT2D eigenvalue weighted by molar-refractivity contribution is 0.413. The summed E-state index contributed by atoms with van der Waals surface area (Å²) < 4.78 is 40.9. The molecule has 2 aromatic heterocycles. The van der Waals surface area contributed by atoms with Gasteiger partial charge in [-0.25, -0.2) is 13.2 Å². The summed E-state index contributed by atoms with van der Waals surface area (Å²) in [6.45, 7) is 0. The first kappa shape index (κ1) is 16.6. The normalized spacial score (nSPS) is 14.5. The molecular weight excluding hydrogens is 343 g/mol. The Morgan fingerprint density at radius 3 is 2.38 bits per heavy atom. The van der Waals surface area contributed by atoms with E-state index in [0.29, 0.717) is 17.1 Å². The molecule has 4 rings (SSSR count). The molecule has 24 heavy (non-hydrogen) atoms. The molecule has 1 saturated carbocycles. The fourth-order valence-electron chi connectivity index (χ4n) is 3.01. The van der Waals surface area contributed by atoms with Crippen LogP contribution in [-0.2, 0) is 0 Å². The molecule has 0 radical (unpaired) electrons. The molecule has 1 aromatic carbocycles. The molecule has 0 saturated heterocycles. The molecule has 0 unspecified atom stereocenters. The van der Waals surface area contributed by atoms with Crippen LogP contribution >= 0.6 is 12.4 Å². The Labute approximate surface area is 140 Å². The molecule has 2 N–H and O–H groups in total. The van der Waals surface area contributed by atoms with Gasteiger partial charge < -0.3 is 4.98 Å². The van der Waals surface area contributed by atoms with Crippen LogP contribution in [0.15, 0.2) is 23.0 Å². The van der Waals surface area contributed by atoms with Crippen LogP contribution in [0.5, 0.6) is 0 Å². The van der Waals surface area contributed by atoms with Gasteiger partial charge in [0.25, 0.3) is 0 Å². The van der Waals surface area contributed by atoms with Crippen LogP contribution < -0.4 is 5.56 Å². The standard InChI is InChI=1S/C16H12F3N3O.ClH/c17-10-6-12(19)11(18)4-8(10)9-5-13(23)20-16-14(9)15(21-22-16)7-2-1-3-7;/h4-7H,1-3H2,(H2,20,21,22,23);1H. The third-order valence-corrected chi connectivity index (χ3v) is 4.39. The second-order valence-electron chi connectivity index (χ2n) is 5.78. The fourth-order valence-corrected chi connectivity index (χ4v) is 3.01. The zero-order valence-corrected chi connectivity index (χ0v) is 13.1. The molecule has 1 fully saturated rings. The van der Waals surface area contributed by atoms with Gasteiger partial charge in [0.2, 0.25) is 5.56 Å². The van der Waals surface area contributed by atoms with Gasteiger partial charge in [-0.2, -0.15) is 5.10 Å². The summed E-state index contributed by atoms with van der Waals surface area (Å²) in [5, 5.41) is 7.51. The smallest absolute Gasteiger partial charge is 0.250 e. The van der Waals surface area contributed by atoms with Gasteiger partial charge in [-0.1, -0.05) is 6.42 Å². The lowest BCUT2D eigenvalue weighted by Gasteiger charge is -2.24. The van der Waals surface area contributed by atoms with Crippen LogP contribution in [0.1, 0.15) is 30.9 Å². The van der Waals surface area contributed by atoms with E-state index in [1.54, 1.807) is 0 Å². The zero-order chi connectivity index (χ0) is 16.1. The van der Waals surface area contributed by atoms with Crippen LogP contribution in [-0.4, -0.2) is 15.2 Å². The van der Waals surface area contributed by atoms with Crippen LogP contribution in [0, 0.1) is 17.5 Å². The Kier molecular flexibility index (Phi) is 4.13. The Bertz CT molecular complexity index is 979. The van der Waals surface area contributed by atoms with Crippen molar-refractivity contribution in [1.82, 2.24) is 15.2 Å². The van der Waals surface area contributed by atoms with Crippen molar-refractivity contribution in [3.05, 3.63) is 51.7 Å². The molecule has 8 heteroatoms. The summed E-state index contributed by atoms with van der Waals surface area (Å²) in [6.07, 6.45) is 3.02. The van der Waals surface area contributed by atoms with E-state index < -0.39 is 23.0 Å². The average Bonchev–Trinajstić information content (AvgIpc) is 2.84. The predicted molar refractivity (Wildman–Crippen MR) is 85.9 cm³/mol. The number of hydrogen-bond acceptors (Lipinski definition) is 2. The van der Waals surface area contributed by atoms with Gasteiger partial charge >= 0.3 is 0 Å². The van der Waals surface area contributed by atoms with E-state index >= 15 is 0 Å². The maximum Gasteiger partial charge on any atom is 0.250 e. The first-order chi connectivity index (χ1) is 11.0. The fraction of sp³-hybridized carbons (Fsp3) is 0.250. The third-order valence-electron chi connectivity index (χ3n) is 4.39. The van der Waals surface area contributed by atoms with E-state index in [0.717, 1.165) is 31.0 Å². The van der Waals surface area contributed by atoms with Crippen molar-refractivity contribution in [3.63, 3.8) is 0 Å². The monoisotopic (exact) mass is 355 g/mol. The number of aromatic amines is 2. The van der Waals surface area contributed by atoms with Gasteiger partial charge in [0.05, 0.1) is 0 Å². The van der Waals surface area contributed by atoms with Crippen molar-refractivity contribution in [2.75, 3.05) is 0 Å². The lowest BCUT2D eigenvalue weighted by Crippen LogP contribution is -2.11. The predicted octanol–water partition coefficient (Wildman–Crippen LogP) is 4.02. The Hall–Kier alpha value is -2.28. The molecule has 4 nitrogen and oxygen atoms in total. The number of nitrogens with zero attached hydrogens (tertiary/aromatic N) is 1. The van der Waals surface area contributed by atoms with E-state index in [4.69, 9.17) is 0 Å². The summed E-state index contributed by atoms with van der Waals surface area (Å²) in [7, 11) is 0. The molecule has 1 aliphatic rings. The van der Waals surface area contributed by atoms with E-state index in [2.05, 4.69) is 15.2 Å². The van der Waals surface area contributed by atoms with E-state index in [-0.39, 0.29) is 29.5 Å². The number of rotatable bonds is 2. The van der Waals surface area contributed by atoms with Crippen molar-refractivity contribution in [2.24, 2.45) is 0 Å². The molecule has 0 aliphatic heterocycles. The van der Waals surface area contributed by atoms with Crippen molar-refractivity contribution in [1.29, 1.82) is 0 Å². The topological polar surface area (TPSA) is 61.5 Å². The first-order valence-corrected chi connectivity index (χ1v) is 7.31. The maximum atomic E-state index is 14.2. The summed E-state index contributed by atoms with van der Waals surface area (Å²) in [4.78, 5) is 14.4. The molecule has 2 heterocycles. The molecule has 0 bridgehead atoms. The third kappa shape index (κ3) is 2.49. The first-order valence-electron chi connectivity index (χ1n) is 7.31. The van der Waals surface area contributed by atoms with Gasteiger partial charge in [-0.05, 0) is 18.9 Å². The Morgan fingerprint density at radius 1 is 1.00 bits per heavy atom. The van der Waals surface area contributed by atoms with Crippen molar-refractivity contribution in [2.45, 2.75) is 25.2 Å². The molecule has 126 valence electrons. The number of fused-ring (bicyclic) bond motifs is 1. The van der Waals surface area contributed by atoms with Crippen molar-refractivity contribution < 1.29 is 13.2 Å². The zero-order valence-electron chi connectivity index (χ0n) is 12.3. The molecule has 3 aromatic rings. The highest BCUT2D eigenvalue weighted by atomic mass is 35.5. The van der Waals surface area contributed by atoms with Gasteiger partial charge in [-0.15, -0.1) is 12.4 Å². The summed E-state index contributed by atoms with van der Waals surface area (Å²) in [5.74, 6) is -3.10. The second-order valence-corrected chi connectivity index (χ2v) is 5.78. The number of benzene rings is 1. The van der Waals surface area contributed by atoms with Gasteiger partial charge in [-0.3, -0.25) is 9.89 Å². The van der Waals surface area contributed by atoms with Crippen LogP contribution in [0.3, 0.4) is 0 Å². The van der Waals surface area contributed by atoms with Crippen LogP contribution in [0.25, 0.3) is 22.2 Å². The van der Waals surface area contributed by atoms with Crippen molar-refractivity contribution in [3.8, 4) is 11.1 Å². The second kappa shape index (κ2) is 5.98. The molecular formula is C16H13ClF3N3O. The number of H-pyrrole nitrogens is 2. The van der Waals surface area contributed by atoms with E-state index in [9.17, 15) is 18.0 Å². The quantitative estimate of drug-likeness (QED) is 0.682.